The van der Waals surface area contributed by atoms with Crippen LogP contribution in [0.1, 0.15) is 50.9 Å². The van der Waals surface area contributed by atoms with Gasteiger partial charge in [0.25, 0.3) is 0 Å². The molecule has 0 bridgehead atoms. The van der Waals surface area contributed by atoms with E-state index in [0.29, 0.717) is 11.4 Å². The maximum atomic E-state index is 14.8. The van der Waals surface area contributed by atoms with E-state index < -0.39 is 29.2 Å². The summed E-state index contributed by atoms with van der Waals surface area (Å²) >= 11 is 0. The Morgan fingerprint density at radius 3 is 1.36 bits per heavy atom. The molecule has 2 fully saturated rings. The molecule has 6 rings (SSSR count). The zero-order valence-electron chi connectivity index (χ0n) is 23.1. The van der Waals surface area contributed by atoms with E-state index in [2.05, 4.69) is 31.9 Å². The molecule has 42 heavy (non-hydrogen) atoms. The largest absolute Gasteiger partial charge is 2.00 e. The average Bonchev–Trinajstić information content (AvgIpc) is 3.68. The van der Waals surface area contributed by atoms with Crippen molar-refractivity contribution in [3.63, 3.8) is 0 Å². The maximum Gasteiger partial charge on any atom is 2.00 e. The second-order valence-electron chi connectivity index (χ2n) is 11.0. The zero-order chi connectivity index (χ0) is 28.7. The molecule has 4 aromatic rings. The van der Waals surface area contributed by atoms with Crippen LogP contribution < -0.4 is 9.80 Å². The van der Waals surface area contributed by atoms with Gasteiger partial charge in [-0.1, -0.05) is 35.4 Å². The van der Waals surface area contributed by atoms with Crippen molar-refractivity contribution in [3.05, 3.63) is 83.7 Å². The van der Waals surface area contributed by atoms with Gasteiger partial charge in [0.2, 0.25) is 0 Å². The summed E-state index contributed by atoms with van der Waals surface area (Å²) in [6.07, 6.45) is 4.13. The molecule has 0 amide bonds. The quantitative estimate of drug-likeness (QED) is 0.131. The molecule has 0 N–H and O–H groups in total. The summed E-state index contributed by atoms with van der Waals surface area (Å²) in [6, 6.07) is 14.7. The van der Waals surface area contributed by atoms with Gasteiger partial charge in [0.1, 0.15) is 23.8 Å². The normalized spacial score (nSPS) is 15.3. The second-order valence-corrected chi connectivity index (χ2v) is 11.0. The van der Waals surface area contributed by atoms with Gasteiger partial charge in [-0.25, -0.2) is 17.6 Å². The summed E-state index contributed by atoms with van der Waals surface area (Å²) < 4.78 is 56.8. The molecule has 6 nitrogen and oxygen atoms in total. The molecule has 2 aliphatic heterocycles. The molecule has 0 aromatic carbocycles. The van der Waals surface area contributed by atoms with E-state index in [1.165, 1.54) is 0 Å². The van der Waals surface area contributed by atoms with Gasteiger partial charge in [0.05, 0.1) is 0 Å². The van der Waals surface area contributed by atoms with Crippen LogP contribution in [0, 0.1) is 35.9 Å². The fourth-order valence-corrected chi connectivity index (χ4v) is 5.48. The van der Waals surface area contributed by atoms with Gasteiger partial charge < -0.3 is 19.8 Å². The number of pyridine rings is 4. The predicted molar refractivity (Wildman–Crippen MR) is 147 cm³/mol. The molecule has 11 heteroatoms. The Labute approximate surface area is 256 Å². The molecule has 220 valence electrons. The Morgan fingerprint density at radius 1 is 0.619 bits per heavy atom. The van der Waals surface area contributed by atoms with Gasteiger partial charge in [-0.15, -0.1) is 12.1 Å². The Kier molecular flexibility index (Phi) is 8.65. The molecular formula is C31H28F4N6Pt. The van der Waals surface area contributed by atoms with Gasteiger partial charge in [-0.2, -0.15) is 0 Å². The molecular weight excluding hydrogens is 727 g/mol. The molecule has 0 atom stereocenters. The van der Waals surface area contributed by atoms with Crippen LogP contribution in [0.5, 0.6) is 0 Å². The first-order valence-corrected chi connectivity index (χ1v) is 13.7. The van der Waals surface area contributed by atoms with Crippen LogP contribution in [0.4, 0.5) is 28.9 Å². The van der Waals surface area contributed by atoms with Crippen molar-refractivity contribution in [3.8, 4) is 22.5 Å². The minimum Gasteiger partial charge on any atom is -0.372 e. The number of rotatable bonds is 6. The first-order chi connectivity index (χ1) is 19.7. The standard InChI is InChI=1S/C31H28F4N6.Pt/c1-31(2,25-17-19(40-11-3-4-12-40)15-23(36-25)21-7-9-27(32)38-29(21)34)26-18-20(41-13-5-6-14-41)16-24(37-26)22-8-10-28(33)39-30(22)35;/h9-10,15-18H,3-6,11-14H2,1-2H3;/q-2;+2. The minimum atomic E-state index is -0.994. The summed E-state index contributed by atoms with van der Waals surface area (Å²) in [5, 5.41) is 0. The Balaban J connectivity index is 0.00000353. The van der Waals surface area contributed by atoms with E-state index in [9.17, 15) is 17.6 Å². The van der Waals surface area contributed by atoms with Crippen molar-refractivity contribution >= 4 is 11.4 Å². The van der Waals surface area contributed by atoms with Crippen LogP contribution in [0.3, 0.4) is 0 Å². The van der Waals surface area contributed by atoms with Gasteiger partial charge >= 0.3 is 21.1 Å². The summed E-state index contributed by atoms with van der Waals surface area (Å²) in [5.74, 6) is -3.91. The molecule has 0 saturated carbocycles. The third-order valence-corrected chi connectivity index (χ3v) is 7.85. The Hall–Kier alpha value is -3.39. The van der Waals surface area contributed by atoms with Crippen molar-refractivity contribution < 1.29 is 38.6 Å². The Morgan fingerprint density at radius 2 is 1.00 bits per heavy atom. The van der Waals surface area contributed by atoms with Crippen molar-refractivity contribution in [1.82, 2.24) is 19.9 Å². The Bertz CT molecular complexity index is 1490. The zero-order valence-corrected chi connectivity index (χ0v) is 25.4. The molecule has 0 unspecified atom stereocenters. The van der Waals surface area contributed by atoms with Gasteiger partial charge in [0, 0.05) is 54.4 Å². The van der Waals surface area contributed by atoms with E-state index >= 15 is 0 Å². The van der Waals surface area contributed by atoms with Crippen LogP contribution in [0.2, 0.25) is 0 Å². The first-order valence-electron chi connectivity index (χ1n) is 13.7. The van der Waals surface area contributed by atoms with Crippen molar-refractivity contribution in [1.29, 1.82) is 0 Å². The van der Waals surface area contributed by atoms with Crippen LogP contribution >= 0.6 is 0 Å². The van der Waals surface area contributed by atoms with Crippen LogP contribution in [0.15, 0.2) is 36.4 Å². The second kappa shape index (κ2) is 12.1. The maximum absolute atomic E-state index is 14.8. The molecule has 2 aliphatic rings. The van der Waals surface area contributed by atoms with Crippen LogP contribution in [-0.2, 0) is 26.5 Å². The van der Waals surface area contributed by atoms with Crippen LogP contribution in [0.25, 0.3) is 22.5 Å². The fourth-order valence-electron chi connectivity index (χ4n) is 5.48. The smallest absolute Gasteiger partial charge is 0.372 e. The summed E-state index contributed by atoms with van der Waals surface area (Å²) in [7, 11) is 0. The molecule has 2 saturated heterocycles. The molecule has 0 radical (unpaired) electrons. The van der Waals surface area contributed by atoms with Crippen molar-refractivity contribution in [2.75, 3.05) is 36.0 Å². The average molecular weight is 756 g/mol. The first kappa shape index (κ1) is 30.1. The third kappa shape index (κ3) is 5.91. The minimum absolute atomic E-state index is 0. The predicted octanol–water partition coefficient (Wildman–Crippen LogP) is 6.28. The number of hydrogen-bond acceptors (Lipinski definition) is 6. The number of aromatic nitrogens is 4. The molecule has 6 heterocycles. The number of hydrogen-bond donors (Lipinski definition) is 0. The topological polar surface area (TPSA) is 58.0 Å². The summed E-state index contributed by atoms with van der Waals surface area (Å²) in [5.41, 5.74) is 2.54. The van der Waals surface area contributed by atoms with E-state index in [1.54, 1.807) is 12.1 Å². The van der Waals surface area contributed by atoms with Crippen LogP contribution in [-0.4, -0.2) is 46.1 Å². The number of nitrogens with zero attached hydrogens (tertiary/aromatic N) is 6. The molecule has 4 aromatic heterocycles. The number of halogens is 4. The summed E-state index contributed by atoms with van der Waals surface area (Å²) in [4.78, 5) is 20.7. The molecule has 0 spiro atoms. The van der Waals surface area contributed by atoms with E-state index in [1.807, 2.05) is 26.0 Å². The van der Waals surface area contributed by atoms with E-state index in [0.717, 1.165) is 75.4 Å². The monoisotopic (exact) mass is 755 g/mol. The SMILES string of the molecule is CC(C)(c1cc(N2CCCC2)cc(-c2[c-]cc(F)nc2F)n1)c1cc(N2CCCC2)cc(-c2[c-]cc(F)nc2F)n1.[Pt+2]. The van der Waals surface area contributed by atoms with Gasteiger partial charge in [-0.3, -0.25) is 9.97 Å². The third-order valence-electron chi connectivity index (χ3n) is 7.85. The van der Waals surface area contributed by atoms with Crippen molar-refractivity contribution in [2.45, 2.75) is 44.9 Å². The van der Waals surface area contributed by atoms with Crippen molar-refractivity contribution in [2.24, 2.45) is 0 Å². The van der Waals surface area contributed by atoms with Gasteiger partial charge in [0.15, 0.2) is 0 Å². The molecule has 0 aliphatic carbocycles. The van der Waals surface area contributed by atoms with E-state index in [-0.39, 0.29) is 43.6 Å². The fraction of sp³-hybridized carbons (Fsp3) is 0.355. The number of anilines is 2. The van der Waals surface area contributed by atoms with E-state index in [4.69, 9.17) is 9.97 Å². The van der Waals surface area contributed by atoms with Gasteiger partial charge in [-0.05, 0) is 63.1 Å². The summed E-state index contributed by atoms with van der Waals surface area (Å²) in [6.45, 7) is 7.26.